The van der Waals surface area contributed by atoms with Gasteiger partial charge in [-0.1, -0.05) is 116 Å². The SMILES string of the molecule is C=C/C=C\C(=C/C)c1cccc2c1oc1c(-c3cccc(-c4ccccc4)c3)cccc12. The summed E-state index contributed by atoms with van der Waals surface area (Å²) in [6, 6.07) is 31.9. The minimum atomic E-state index is 0.913. The maximum Gasteiger partial charge on any atom is 0.143 e. The first-order chi connectivity index (χ1) is 15.8. The number of fused-ring (bicyclic) bond motifs is 3. The van der Waals surface area contributed by atoms with Gasteiger partial charge >= 0.3 is 0 Å². The third-order valence-corrected chi connectivity index (χ3v) is 5.84. The molecule has 0 saturated carbocycles. The molecule has 1 aromatic heterocycles. The zero-order chi connectivity index (χ0) is 21.9. The first kappa shape index (κ1) is 19.8. The van der Waals surface area contributed by atoms with Crippen LogP contribution in [0.15, 0.2) is 126 Å². The van der Waals surface area contributed by atoms with Gasteiger partial charge in [0.25, 0.3) is 0 Å². The van der Waals surface area contributed by atoms with Crippen molar-refractivity contribution in [3.8, 4) is 22.3 Å². The van der Waals surface area contributed by atoms with Gasteiger partial charge in [0.05, 0.1) is 0 Å². The summed E-state index contributed by atoms with van der Waals surface area (Å²) < 4.78 is 6.58. The lowest BCUT2D eigenvalue weighted by atomic mass is 9.97. The molecule has 0 spiro atoms. The molecule has 32 heavy (non-hydrogen) atoms. The molecule has 1 heterocycles. The maximum atomic E-state index is 6.58. The van der Waals surface area contributed by atoms with Gasteiger partial charge in [0.15, 0.2) is 0 Å². The Balaban J connectivity index is 1.71. The summed E-state index contributed by atoms with van der Waals surface area (Å²) >= 11 is 0. The molecule has 4 aromatic carbocycles. The molecule has 0 radical (unpaired) electrons. The molecular formula is C31H24O. The van der Waals surface area contributed by atoms with Gasteiger partial charge in [0.2, 0.25) is 0 Å². The molecule has 0 aliphatic carbocycles. The molecule has 5 aromatic rings. The molecule has 1 heteroatoms. The highest BCUT2D eigenvalue weighted by molar-refractivity contribution is 6.12. The first-order valence-corrected chi connectivity index (χ1v) is 10.9. The third kappa shape index (κ3) is 3.48. The number of benzene rings is 4. The molecule has 0 bridgehead atoms. The predicted molar refractivity (Wildman–Crippen MR) is 138 cm³/mol. The van der Waals surface area contributed by atoms with Crippen LogP contribution >= 0.6 is 0 Å². The summed E-state index contributed by atoms with van der Waals surface area (Å²) in [4.78, 5) is 0. The second-order valence-corrected chi connectivity index (χ2v) is 7.75. The molecule has 1 nitrogen and oxygen atoms in total. The zero-order valence-corrected chi connectivity index (χ0v) is 18.1. The number of furan rings is 1. The lowest BCUT2D eigenvalue weighted by molar-refractivity contribution is 0.669. The van der Waals surface area contributed by atoms with E-state index in [-0.39, 0.29) is 0 Å². The Kier molecular flexibility index (Phi) is 5.31. The fraction of sp³-hybridized carbons (Fsp3) is 0.0323. The maximum absolute atomic E-state index is 6.58. The molecular weight excluding hydrogens is 388 g/mol. The van der Waals surface area contributed by atoms with Crippen LogP contribution in [0.25, 0.3) is 49.8 Å². The number of allylic oxidation sites excluding steroid dienone is 5. The van der Waals surface area contributed by atoms with Crippen LogP contribution in [0, 0.1) is 0 Å². The third-order valence-electron chi connectivity index (χ3n) is 5.84. The van der Waals surface area contributed by atoms with Crippen LogP contribution in [0.5, 0.6) is 0 Å². The van der Waals surface area contributed by atoms with Crippen LogP contribution in [-0.2, 0) is 0 Å². The van der Waals surface area contributed by atoms with E-state index in [0.29, 0.717) is 0 Å². The lowest BCUT2D eigenvalue weighted by Crippen LogP contribution is -1.82. The van der Waals surface area contributed by atoms with Crippen molar-refractivity contribution in [2.75, 3.05) is 0 Å². The van der Waals surface area contributed by atoms with Crippen LogP contribution in [0.2, 0.25) is 0 Å². The van der Waals surface area contributed by atoms with Gasteiger partial charge in [0.1, 0.15) is 11.2 Å². The van der Waals surface area contributed by atoms with E-state index >= 15 is 0 Å². The van der Waals surface area contributed by atoms with Gasteiger partial charge in [-0.15, -0.1) is 0 Å². The van der Waals surface area contributed by atoms with Crippen LogP contribution in [-0.4, -0.2) is 0 Å². The number of rotatable bonds is 5. The summed E-state index contributed by atoms with van der Waals surface area (Å²) in [5.41, 5.74) is 8.69. The number of hydrogen-bond acceptors (Lipinski definition) is 1. The molecule has 0 amide bonds. The molecule has 0 unspecified atom stereocenters. The van der Waals surface area contributed by atoms with Crippen molar-refractivity contribution in [3.63, 3.8) is 0 Å². The second kappa shape index (κ2) is 8.56. The van der Waals surface area contributed by atoms with E-state index in [1.807, 2.05) is 19.1 Å². The summed E-state index contributed by atoms with van der Waals surface area (Å²) in [5, 5.41) is 2.26. The van der Waals surface area contributed by atoms with Gasteiger partial charge in [-0.25, -0.2) is 0 Å². The fourth-order valence-corrected chi connectivity index (χ4v) is 4.28. The standard InChI is InChI=1S/C31H24O/c1-3-5-12-22(4-2)26-17-10-19-28-29-20-11-18-27(31(29)32-30(26)28)25-16-9-15-24(21-25)23-13-7-6-8-14-23/h3-21H,1H2,2H3/b12-5-,22-4+. The van der Waals surface area contributed by atoms with Crippen molar-refractivity contribution in [1.82, 2.24) is 0 Å². The smallest absolute Gasteiger partial charge is 0.143 e. The molecule has 0 aliphatic rings. The van der Waals surface area contributed by atoms with Crippen LogP contribution in [0.1, 0.15) is 12.5 Å². The van der Waals surface area contributed by atoms with Gasteiger partial charge in [-0.3, -0.25) is 0 Å². The Labute approximate surface area is 188 Å². The summed E-state index contributed by atoms with van der Waals surface area (Å²) in [6.07, 6.45) is 7.92. The van der Waals surface area contributed by atoms with Crippen molar-refractivity contribution in [1.29, 1.82) is 0 Å². The fourth-order valence-electron chi connectivity index (χ4n) is 4.28. The van der Waals surface area contributed by atoms with Gasteiger partial charge < -0.3 is 4.42 Å². The van der Waals surface area contributed by atoms with E-state index in [2.05, 4.69) is 104 Å². The highest BCUT2D eigenvalue weighted by atomic mass is 16.3. The summed E-state index contributed by atoms with van der Waals surface area (Å²) in [7, 11) is 0. The monoisotopic (exact) mass is 412 g/mol. The lowest BCUT2D eigenvalue weighted by Gasteiger charge is -2.07. The van der Waals surface area contributed by atoms with Crippen LogP contribution < -0.4 is 0 Å². The van der Waals surface area contributed by atoms with E-state index in [9.17, 15) is 0 Å². The van der Waals surface area contributed by atoms with E-state index in [1.165, 1.54) is 11.1 Å². The average Bonchev–Trinajstić information content (AvgIpc) is 3.25. The second-order valence-electron chi connectivity index (χ2n) is 7.75. The molecule has 154 valence electrons. The van der Waals surface area contributed by atoms with E-state index in [1.54, 1.807) is 6.08 Å². The average molecular weight is 413 g/mol. The molecule has 0 saturated heterocycles. The Morgan fingerprint density at radius 3 is 2.19 bits per heavy atom. The quantitative estimate of drug-likeness (QED) is 0.262. The van der Waals surface area contributed by atoms with E-state index < -0.39 is 0 Å². The molecule has 0 aliphatic heterocycles. The van der Waals surface area contributed by atoms with Crippen molar-refractivity contribution in [3.05, 3.63) is 127 Å². The molecule has 0 atom stereocenters. The normalized spacial score (nSPS) is 12.1. The van der Waals surface area contributed by atoms with Crippen molar-refractivity contribution in [2.24, 2.45) is 0 Å². The largest absolute Gasteiger partial charge is 0.455 e. The van der Waals surface area contributed by atoms with Gasteiger partial charge in [0, 0.05) is 21.9 Å². The van der Waals surface area contributed by atoms with Crippen LogP contribution in [0.4, 0.5) is 0 Å². The molecule has 5 rings (SSSR count). The summed E-state index contributed by atoms with van der Waals surface area (Å²) in [6.45, 7) is 5.84. The molecule has 0 N–H and O–H groups in total. The summed E-state index contributed by atoms with van der Waals surface area (Å²) in [5.74, 6) is 0. The van der Waals surface area contributed by atoms with Crippen molar-refractivity contribution >= 4 is 27.5 Å². The van der Waals surface area contributed by atoms with Gasteiger partial charge in [-0.05, 0) is 35.3 Å². The van der Waals surface area contributed by atoms with E-state index in [4.69, 9.17) is 4.42 Å². The first-order valence-electron chi connectivity index (χ1n) is 10.9. The Morgan fingerprint density at radius 1 is 0.719 bits per heavy atom. The minimum Gasteiger partial charge on any atom is -0.455 e. The van der Waals surface area contributed by atoms with Crippen molar-refractivity contribution < 1.29 is 4.42 Å². The highest BCUT2D eigenvalue weighted by Crippen LogP contribution is 2.39. The zero-order valence-electron chi connectivity index (χ0n) is 18.1. The Bertz CT molecular complexity index is 1480. The Hall–Kier alpha value is -4.10. The number of hydrogen-bond donors (Lipinski definition) is 0. The molecule has 0 fully saturated rings. The Morgan fingerprint density at radius 2 is 1.41 bits per heavy atom. The topological polar surface area (TPSA) is 13.1 Å². The van der Waals surface area contributed by atoms with Crippen molar-refractivity contribution in [2.45, 2.75) is 6.92 Å². The minimum absolute atomic E-state index is 0.913. The van der Waals surface area contributed by atoms with E-state index in [0.717, 1.165) is 44.2 Å². The highest BCUT2D eigenvalue weighted by Gasteiger charge is 2.15. The van der Waals surface area contributed by atoms with Crippen LogP contribution in [0.3, 0.4) is 0 Å². The number of para-hydroxylation sites is 2. The predicted octanol–water partition coefficient (Wildman–Crippen LogP) is 9.07. The van der Waals surface area contributed by atoms with Gasteiger partial charge in [-0.2, -0.15) is 0 Å².